The Balaban J connectivity index is 1.96. The summed E-state index contributed by atoms with van der Waals surface area (Å²) in [6.07, 6.45) is 8.57. The van der Waals surface area contributed by atoms with Gasteiger partial charge in [0.25, 0.3) is 0 Å². The number of hydrogen-bond donors (Lipinski definition) is 1. The Morgan fingerprint density at radius 2 is 1.94 bits per heavy atom. The number of hydrogen-bond acceptors (Lipinski definition) is 3. The summed E-state index contributed by atoms with van der Waals surface area (Å²) in [7, 11) is 0. The number of thioether (sulfide) groups is 1. The van der Waals surface area contributed by atoms with Crippen molar-refractivity contribution in [2.24, 2.45) is 5.41 Å². The molecule has 0 radical (unpaired) electrons. The van der Waals surface area contributed by atoms with Gasteiger partial charge in [0, 0.05) is 30.6 Å². The van der Waals surface area contributed by atoms with Crippen molar-refractivity contribution in [1.82, 2.24) is 4.90 Å². The topological polar surface area (TPSA) is 3.24 Å². The molecule has 0 aromatic carbocycles. The molecule has 100 valence electrons. The predicted octanol–water partition coefficient (Wildman–Crippen LogP) is 3.69. The third-order valence-corrected chi connectivity index (χ3v) is 6.40. The summed E-state index contributed by atoms with van der Waals surface area (Å²) in [4.78, 5) is 2.73. The van der Waals surface area contributed by atoms with Gasteiger partial charge in [-0.05, 0) is 30.9 Å². The standard InChI is InChI=1S/C14H27NS2/c1-13-10-17-9-8-15(13)11-14(12-16)6-4-2-3-5-7-14/h13,16H,2-12H2,1H3. The fourth-order valence-electron chi connectivity index (χ4n) is 3.27. The lowest BCUT2D eigenvalue weighted by Gasteiger charge is -2.41. The van der Waals surface area contributed by atoms with Crippen molar-refractivity contribution < 1.29 is 0 Å². The molecule has 1 saturated heterocycles. The zero-order chi connectivity index (χ0) is 12.1. The quantitative estimate of drug-likeness (QED) is 0.617. The van der Waals surface area contributed by atoms with Crippen molar-refractivity contribution in [3.63, 3.8) is 0 Å². The molecule has 2 rings (SSSR count). The molecule has 0 N–H and O–H groups in total. The van der Waals surface area contributed by atoms with E-state index >= 15 is 0 Å². The first kappa shape index (κ1) is 14.1. The van der Waals surface area contributed by atoms with Crippen LogP contribution >= 0.6 is 24.4 Å². The summed E-state index contributed by atoms with van der Waals surface area (Å²) in [5.74, 6) is 3.74. The number of thiol groups is 1. The van der Waals surface area contributed by atoms with Gasteiger partial charge in [-0.3, -0.25) is 4.90 Å². The average molecular weight is 274 g/mol. The normalized spacial score (nSPS) is 31.1. The SMILES string of the molecule is CC1CSCCN1CC1(CS)CCCCCC1. The third-order valence-electron chi connectivity index (χ3n) is 4.54. The molecule has 1 aliphatic heterocycles. The van der Waals surface area contributed by atoms with Gasteiger partial charge in [0.2, 0.25) is 0 Å². The lowest BCUT2D eigenvalue weighted by Crippen LogP contribution is -2.47. The zero-order valence-corrected chi connectivity index (χ0v) is 12.9. The van der Waals surface area contributed by atoms with Crippen molar-refractivity contribution in [1.29, 1.82) is 0 Å². The zero-order valence-electron chi connectivity index (χ0n) is 11.2. The average Bonchev–Trinajstić information content (AvgIpc) is 2.58. The van der Waals surface area contributed by atoms with Crippen LogP contribution in [0.5, 0.6) is 0 Å². The molecule has 3 heteroatoms. The van der Waals surface area contributed by atoms with Gasteiger partial charge in [-0.15, -0.1) is 0 Å². The molecule has 1 heterocycles. The minimum Gasteiger partial charge on any atom is -0.298 e. The maximum absolute atomic E-state index is 4.69. The Morgan fingerprint density at radius 1 is 1.24 bits per heavy atom. The van der Waals surface area contributed by atoms with E-state index in [1.54, 1.807) is 0 Å². The molecule has 2 aliphatic rings. The Kier molecular flexibility index (Phi) is 5.56. The van der Waals surface area contributed by atoms with Crippen molar-refractivity contribution in [2.45, 2.75) is 51.5 Å². The first-order chi connectivity index (χ1) is 8.26. The Morgan fingerprint density at radius 3 is 2.53 bits per heavy atom. The van der Waals surface area contributed by atoms with Crippen molar-refractivity contribution in [2.75, 3.05) is 30.3 Å². The van der Waals surface area contributed by atoms with Crippen molar-refractivity contribution >= 4 is 24.4 Å². The molecule has 1 saturated carbocycles. The minimum absolute atomic E-state index is 0.524. The van der Waals surface area contributed by atoms with Crippen LogP contribution in [0.1, 0.15) is 45.4 Å². The van der Waals surface area contributed by atoms with Crippen LogP contribution in [-0.4, -0.2) is 41.3 Å². The molecule has 0 aromatic rings. The lowest BCUT2D eigenvalue weighted by molar-refractivity contribution is 0.128. The van der Waals surface area contributed by atoms with Gasteiger partial charge in [-0.25, -0.2) is 0 Å². The summed E-state index contributed by atoms with van der Waals surface area (Å²) in [5.41, 5.74) is 0.524. The highest BCUT2D eigenvalue weighted by molar-refractivity contribution is 7.99. The Labute approximate surface area is 117 Å². The highest BCUT2D eigenvalue weighted by Crippen LogP contribution is 2.37. The van der Waals surface area contributed by atoms with E-state index < -0.39 is 0 Å². The molecule has 1 atom stereocenters. The van der Waals surface area contributed by atoms with Gasteiger partial charge in [0.1, 0.15) is 0 Å². The largest absolute Gasteiger partial charge is 0.298 e. The molecular weight excluding hydrogens is 246 g/mol. The van der Waals surface area contributed by atoms with Crippen LogP contribution in [-0.2, 0) is 0 Å². The van der Waals surface area contributed by atoms with Gasteiger partial charge >= 0.3 is 0 Å². The molecule has 0 aromatic heterocycles. The Bertz CT molecular complexity index is 224. The molecule has 1 aliphatic carbocycles. The van der Waals surface area contributed by atoms with Gasteiger partial charge in [-0.2, -0.15) is 24.4 Å². The lowest BCUT2D eigenvalue weighted by atomic mass is 9.81. The summed E-state index contributed by atoms with van der Waals surface area (Å²) in [5, 5.41) is 0. The van der Waals surface area contributed by atoms with Crippen LogP contribution in [0.4, 0.5) is 0 Å². The summed E-state index contributed by atoms with van der Waals surface area (Å²) < 4.78 is 0. The van der Waals surface area contributed by atoms with E-state index in [0.717, 1.165) is 11.8 Å². The fraction of sp³-hybridized carbons (Fsp3) is 1.00. The summed E-state index contributed by atoms with van der Waals surface area (Å²) in [6, 6.07) is 0.772. The summed E-state index contributed by atoms with van der Waals surface area (Å²) in [6.45, 7) is 4.99. The monoisotopic (exact) mass is 273 g/mol. The maximum Gasteiger partial charge on any atom is 0.0158 e. The molecule has 2 fully saturated rings. The molecular formula is C14H27NS2. The van der Waals surface area contributed by atoms with Gasteiger partial charge < -0.3 is 0 Å². The van der Waals surface area contributed by atoms with E-state index in [4.69, 9.17) is 12.6 Å². The van der Waals surface area contributed by atoms with Crippen LogP contribution in [0.25, 0.3) is 0 Å². The highest BCUT2D eigenvalue weighted by atomic mass is 32.2. The van der Waals surface area contributed by atoms with Crippen LogP contribution in [0.2, 0.25) is 0 Å². The molecule has 0 spiro atoms. The van der Waals surface area contributed by atoms with Gasteiger partial charge in [0.15, 0.2) is 0 Å². The molecule has 1 nitrogen and oxygen atoms in total. The second-order valence-electron chi connectivity index (χ2n) is 5.97. The van der Waals surface area contributed by atoms with Crippen LogP contribution in [0.15, 0.2) is 0 Å². The maximum atomic E-state index is 4.69. The second kappa shape index (κ2) is 6.72. The Hall–Kier alpha value is 0.660. The van der Waals surface area contributed by atoms with Crippen LogP contribution in [0.3, 0.4) is 0 Å². The molecule has 0 bridgehead atoms. The highest BCUT2D eigenvalue weighted by Gasteiger charge is 2.33. The summed E-state index contributed by atoms with van der Waals surface area (Å²) >= 11 is 6.81. The third kappa shape index (κ3) is 3.81. The molecule has 17 heavy (non-hydrogen) atoms. The molecule has 0 amide bonds. The minimum atomic E-state index is 0.524. The number of rotatable bonds is 3. The van der Waals surface area contributed by atoms with Gasteiger partial charge in [-0.1, -0.05) is 25.7 Å². The van der Waals surface area contributed by atoms with E-state index in [0.29, 0.717) is 5.41 Å². The van der Waals surface area contributed by atoms with E-state index in [-0.39, 0.29) is 0 Å². The van der Waals surface area contributed by atoms with E-state index in [1.165, 1.54) is 63.1 Å². The van der Waals surface area contributed by atoms with Crippen molar-refractivity contribution in [3.05, 3.63) is 0 Å². The van der Waals surface area contributed by atoms with E-state index in [1.807, 2.05) is 0 Å². The molecule has 1 unspecified atom stereocenters. The number of nitrogens with zero attached hydrogens (tertiary/aromatic N) is 1. The van der Waals surface area contributed by atoms with E-state index in [9.17, 15) is 0 Å². The first-order valence-electron chi connectivity index (χ1n) is 7.18. The fourth-order valence-corrected chi connectivity index (χ4v) is 4.77. The smallest absolute Gasteiger partial charge is 0.0158 e. The van der Waals surface area contributed by atoms with Gasteiger partial charge in [0.05, 0.1) is 0 Å². The van der Waals surface area contributed by atoms with E-state index in [2.05, 4.69) is 23.6 Å². The van der Waals surface area contributed by atoms with Crippen LogP contribution in [0, 0.1) is 5.41 Å². The predicted molar refractivity (Wildman–Crippen MR) is 82.3 cm³/mol. The second-order valence-corrected chi connectivity index (χ2v) is 7.43. The van der Waals surface area contributed by atoms with Crippen molar-refractivity contribution in [3.8, 4) is 0 Å². The first-order valence-corrected chi connectivity index (χ1v) is 8.97. The van der Waals surface area contributed by atoms with Crippen LogP contribution < -0.4 is 0 Å².